The van der Waals surface area contributed by atoms with Crippen LogP contribution in [-0.4, -0.2) is 0 Å². The Bertz CT molecular complexity index is 1300. The van der Waals surface area contributed by atoms with E-state index in [9.17, 15) is 0 Å². The van der Waals surface area contributed by atoms with Gasteiger partial charge in [-0.3, -0.25) is 0 Å². The van der Waals surface area contributed by atoms with Crippen molar-refractivity contribution in [3.63, 3.8) is 0 Å². The summed E-state index contributed by atoms with van der Waals surface area (Å²) in [5.74, 6) is 0. The van der Waals surface area contributed by atoms with Crippen molar-refractivity contribution in [2.24, 2.45) is 5.73 Å². The maximum absolute atomic E-state index is 6.51. The third-order valence-electron chi connectivity index (χ3n) is 6.63. The zero-order valence-electron chi connectivity index (χ0n) is 24.7. The minimum atomic E-state index is 0.759. The minimum absolute atomic E-state index is 0.759. The number of rotatable bonds is 9. The van der Waals surface area contributed by atoms with Gasteiger partial charge in [0.05, 0.1) is 0 Å². The third-order valence-corrected chi connectivity index (χ3v) is 6.63. The first-order chi connectivity index (χ1) is 18.3. The van der Waals surface area contributed by atoms with Crippen LogP contribution in [0, 0.1) is 13.8 Å². The largest absolute Gasteiger partial charge is 0.398 e. The second-order valence-electron chi connectivity index (χ2n) is 9.73. The van der Waals surface area contributed by atoms with Gasteiger partial charge in [-0.1, -0.05) is 120 Å². The Hall–Kier alpha value is -3.58. The minimum Gasteiger partial charge on any atom is -0.398 e. The maximum atomic E-state index is 6.51. The van der Waals surface area contributed by atoms with Gasteiger partial charge in [0, 0.05) is 5.70 Å². The fourth-order valence-electron chi connectivity index (χ4n) is 4.45. The molecule has 0 saturated heterocycles. The van der Waals surface area contributed by atoms with Gasteiger partial charge in [0.15, 0.2) is 0 Å². The summed E-state index contributed by atoms with van der Waals surface area (Å²) < 4.78 is 0. The van der Waals surface area contributed by atoms with Crippen LogP contribution in [0.5, 0.6) is 0 Å². The molecule has 2 N–H and O–H groups in total. The molecule has 0 heterocycles. The molecular weight excluding hydrogens is 458 g/mol. The first-order valence-corrected chi connectivity index (χ1v) is 14.1. The average Bonchev–Trinajstić information content (AvgIpc) is 2.93. The van der Waals surface area contributed by atoms with Crippen LogP contribution in [0.15, 0.2) is 91.1 Å². The lowest BCUT2D eigenvalue weighted by atomic mass is 9.86. The van der Waals surface area contributed by atoms with Gasteiger partial charge in [-0.2, -0.15) is 0 Å². The Balaban J connectivity index is 0.00000161. The summed E-state index contributed by atoms with van der Waals surface area (Å²) in [5, 5.41) is 0. The second-order valence-corrected chi connectivity index (χ2v) is 9.73. The van der Waals surface area contributed by atoms with Gasteiger partial charge in [0.25, 0.3) is 0 Å². The molecule has 0 aromatic heterocycles. The normalized spacial score (nSPS) is 11.9. The van der Waals surface area contributed by atoms with Gasteiger partial charge < -0.3 is 5.73 Å². The first kappa shape index (κ1) is 30.6. The molecule has 1 heteroatoms. The Morgan fingerprint density at radius 1 is 0.842 bits per heavy atom. The molecule has 0 saturated carbocycles. The van der Waals surface area contributed by atoms with Crippen LogP contribution in [0.1, 0.15) is 81.7 Å². The van der Waals surface area contributed by atoms with Crippen molar-refractivity contribution < 1.29 is 0 Å². The van der Waals surface area contributed by atoms with Gasteiger partial charge in [0.1, 0.15) is 0 Å². The van der Waals surface area contributed by atoms with Gasteiger partial charge in [-0.05, 0) is 101 Å². The lowest BCUT2D eigenvalue weighted by molar-refractivity contribution is 1.09. The highest BCUT2D eigenvalue weighted by Crippen LogP contribution is 2.38. The smallest absolute Gasteiger partial charge is 0.0387 e. The van der Waals surface area contributed by atoms with Crippen molar-refractivity contribution in [1.82, 2.24) is 0 Å². The molecule has 0 atom stereocenters. The van der Waals surface area contributed by atoms with Crippen LogP contribution >= 0.6 is 0 Å². The van der Waals surface area contributed by atoms with E-state index in [2.05, 4.69) is 128 Å². The van der Waals surface area contributed by atoms with Crippen LogP contribution in [0.25, 0.3) is 34.0 Å². The Morgan fingerprint density at radius 3 is 2.21 bits per heavy atom. The highest BCUT2D eigenvalue weighted by atomic mass is 14.6. The SMILES string of the molecule is C=C/C(=C/C=C(\N)c1ccc(C)c(-c2c(C)cccc2-c2ccc(/C=C\CC)c(CC)c2)c1)CC.CCC. The number of allylic oxidation sites excluding steroid dienone is 5. The van der Waals surface area contributed by atoms with E-state index in [1.54, 1.807) is 0 Å². The Labute approximate surface area is 232 Å². The van der Waals surface area contributed by atoms with E-state index >= 15 is 0 Å². The molecule has 0 unspecified atom stereocenters. The number of hydrogen-bond donors (Lipinski definition) is 1. The van der Waals surface area contributed by atoms with E-state index in [0.717, 1.165) is 30.5 Å². The van der Waals surface area contributed by atoms with Crippen molar-refractivity contribution in [3.8, 4) is 22.3 Å². The number of benzene rings is 3. The molecule has 0 radical (unpaired) electrons. The molecule has 38 heavy (non-hydrogen) atoms. The van der Waals surface area contributed by atoms with Gasteiger partial charge in [0.2, 0.25) is 0 Å². The fraction of sp³-hybridized carbons (Fsp3) is 0.297. The molecule has 0 aliphatic heterocycles. The van der Waals surface area contributed by atoms with Crippen LogP contribution in [0.3, 0.4) is 0 Å². The summed E-state index contributed by atoms with van der Waals surface area (Å²) in [6.45, 7) is 19.0. The molecule has 3 rings (SSSR count). The van der Waals surface area contributed by atoms with Crippen molar-refractivity contribution in [2.75, 3.05) is 0 Å². The third kappa shape index (κ3) is 7.96. The first-order valence-electron chi connectivity index (χ1n) is 14.1. The Kier molecular flexibility index (Phi) is 12.6. The zero-order valence-corrected chi connectivity index (χ0v) is 24.7. The van der Waals surface area contributed by atoms with E-state index in [4.69, 9.17) is 5.73 Å². The molecule has 1 nitrogen and oxygen atoms in total. The molecule has 0 fully saturated rings. The van der Waals surface area contributed by atoms with E-state index in [1.807, 2.05) is 12.2 Å². The van der Waals surface area contributed by atoms with Crippen molar-refractivity contribution >= 4 is 11.8 Å². The summed E-state index contributed by atoms with van der Waals surface area (Å²) >= 11 is 0. The molecule has 0 bridgehead atoms. The van der Waals surface area contributed by atoms with Gasteiger partial charge in [-0.25, -0.2) is 0 Å². The molecule has 3 aromatic carbocycles. The topological polar surface area (TPSA) is 26.0 Å². The quantitative estimate of drug-likeness (QED) is 0.287. The highest BCUT2D eigenvalue weighted by Gasteiger charge is 2.14. The number of nitrogens with two attached hydrogens (primary N) is 1. The van der Waals surface area contributed by atoms with Gasteiger partial charge in [-0.15, -0.1) is 0 Å². The number of hydrogen-bond acceptors (Lipinski definition) is 1. The zero-order chi connectivity index (χ0) is 28.1. The van der Waals surface area contributed by atoms with E-state index in [-0.39, 0.29) is 0 Å². The highest BCUT2D eigenvalue weighted by molar-refractivity contribution is 5.88. The second kappa shape index (κ2) is 15.6. The van der Waals surface area contributed by atoms with Crippen LogP contribution in [0.4, 0.5) is 0 Å². The standard InChI is InChI=1S/C34H39N.C3H8/c1-7-11-14-28-19-20-29(22-27(28)10-4)31-15-12-13-25(6)34(31)32-23-30(18-16-24(32)5)33(35)21-17-26(8-2)9-3;1-3-2/h8,11-23H,2,7,9-10,35H2,1,3-6H3;3H2,1-2H3/b14-11-,26-17-,33-21-;. The van der Waals surface area contributed by atoms with Crippen molar-refractivity contribution in [2.45, 2.75) is 74.1 Å². The van der Waals surface area contributed by atoms with E-state index < -0.39 is 0 Å². The summed E-state index contributed by atoms with van der Waals surface area (Å²) in [7, 11) is 0. The molecule has 0 spiro atoms. The lowest BCUT2D eigenvalue weighted by Gasteiger charge is -2.18. The maximum Gasteiger partial charge on any atom is 0.0387 e. The molecular formula is C37H47N. The molecule has 0 aliphatic carbocycles. The molecule has 0 aliphatic rings. The van der Waals surface area contributed by atoms with Crippen molar-refractivity contribution in [3.05, 3.63) is 119 Å². The van der Waals surface area contributed by atoms with Gasteiger partial charge >= 0.3 is 0 Å². The van der Waals surface area contributed by atoms with E-state index in [1.165, 1.54) is 56.5 Å². The molecule has 200 valence electrons. The predicted octanol–water partition coefficient (Wildman–Crippen LogP) is 10.9. The van der Waals surface area contributed by atoms with Crippen LogP contribution in [0.2, 0.25) is 0 Å². The monoisotopic (exact) mass is 505 g/mol. The molecule has 0 amide bonds. The summed E-state index contributed by atoms with van der Waals surface area (Å²) in [6, 6.07) is 20.0. The summed E-state index contributed by atoms with van der Waals surface area (Å²) in [6.07, 6.45) is 14.6. The van der Waals surface area contributed by atoms with Crippen LogP contribution in [-0.2, 0) is 6.42 Å². The fourth-order valence-corrected chi connectivity index (χ4v) is 4.45. The predicted molar refractivity (Wildman–Crippen MR) is 172 cm³/mol. The lowest BCUT2D eigenvalue weighted by Crippen LogP contribution is -1.99. The molecule has 3 aromatic rings. The van der Waals surface area contributed by atoms with Crippen LogP contribution < -0.4 is 5.73 Å². The van der Waals surface area contributed by atoms with E-state index in [0.29, 0.717) is 0 Å². The number of aryl methyl sites for hydroxylation is 3. The Morgan fingerprint density at radius 2 is 1.58 bits per heavy atom. The summed E-state index contributed by atoms with van der Waals surface area (Å²) in [5.41, 5.74) is 19.7. The summed E-state index contributed by atoms with van der Waals surface area (Å²) in [4.78, 5) is 0. The average molecular weight is 506 g/mol. The van der Waals surface area contributed by atoms with Crippen molar-refractivity contribution in [1.29, 1.82) is 0 Å².